The maximum atomic E-state index is 5.70. The fraction of sp³-hybridized carbons (Fsp3) is 0.400. The lowest BCUT2D eigenvalue weighted by Gasteiger charge is -2.07. The summed E-state index contributed by atoms with van der Waals surface area (Å²) in [4.78, 5) is 0. The van der Waals surface area contributed by atoms with Crippen LogP contribution >= 0.6 is 12.4 Å². The van der Waals surface area contributed by atoms with E-state index < -0.39 is 0 Å². The highest BCUT2D eigenvalue weighted by Gasteiger charge is 1.99. The Morgan fingerprint density at radius 3 is 2.17 bits per heavy atom. The van der Waals surface area contributed by atoms with Crippen LogP contribution in [0, 0.1) is 6.92 Å². The lowest BCUT2D eigenvalue weighted by Crippen LogP contribution is -1.92. The van der Waals surface area contributed by atoms with Gasteiger partial charge in [0.1, 0.15) is 0 Å². The van der Waals surface area contributed by atoms with E-state index in [0.29, 0.717) is 5.92 Å². The number of aryl methyl sites for hydroxylation is 1. The van der Waals surface area contributed by atoms with E-state index in [4.69, 9.17) is 5.73 Å². The molecule has 0 aliphatic heterocycles. The van der Waals surface area contributed by atoms with E-state index >= 15 is 0 Å². The smallest absolute Gasteiger partial charge is 0.0319 e. The van der Waals surface area contributed by atoms with Crippen molar-refractivity contribution in [1.82, 2.24) is 0 Å². The summed E-state index contributed by atoms with van der Waals surface area (Å²) < 4.78 is 0. The molecule has 0 amide bonds. The van der Waals surface area contributed by atoms with Crippen LogP contribution in [0.2, 0.25) is 0 Å². The summed E-state index contributed by atoms with van der Waals surface area (Å²) >= 11 is 0. The molecule has 1 aromatic rings. The summed E-state index contributed by atoms with van der Waals surface area (Å²) in [5.41, 5.74) is 9.13. The van der Waals surface area contributed by atoms with E-state index in [-0.39, 0.29) is 12.4 Å². The fourth-order valence-electron chi connectivity index (χ4n) is 1.18. The average molecular weight is 186 g/mol. The quantitative estimate of drug-likeness (QED) is 0.669. The van der Waals surface area contributed by atoms with E-state index in [1.54, 1.807) is 0 Å². The molecule has 0 atom stereocenters. The van der Waals surface area contributed by atoms with Gasteiger partial charge in [-0.3, -0.25) is 0 Å². The number of rotatable bonds is 1. The van der Waals surface area contributed by atoms with E-state index in [1.165, 1.54) is 11.1 Å². The van der Waals surface area contributed by atoms with Gasteiger partial charge in [0.25, 0.3) is 0 Å². The van der Waals surface area contributed by atoms with Crippen LogP contribution in [0.5, 0.6) is 0 Å². The first-order valence-corrected chi connectivity index (χ1v) is 3.96. The molecule has 0 aromatic heterocycles. The Labute approximate surface area is 80.4 Å². The summed E-state index contributed by atoms with van der Waals surface area (Å²) in [5, 5.41) is 0. The zero-order chi connectivity index (χ0) is 8.43. The molecule has 0 unspecified atom stereocenters. The molecule has 2 heteroatoms. The molecule has 12 heavy (non-hydrogen) atoms. The standard InChI is InChI=1S/C10H15N.ClH/c1-7(2)9-4-8(3)5-10(11)6-9;/h4-7H,11H2,1-3H3;1H. The van der Waals surface area contributed by atoms with Gasteiger partial charge >= 0.3 is 0 Å². The van der Waals surface area contributed by atoms with Gasteiger partial charge in [-0.1, -0.05) is 19.9 Å². The lowest BCUT2D eigenvalue weighted by molar-refractivity contribution is 0.865. The van der Waals surface area contributed by atoms with Crippen molar-refractivity contribution < 1.29 is 0 Å². The Kier molecular flexibility index (Phi) is 4.11. The highest BCUT2D eigenvalue weighted by atomic mass is 35.5. The second-order valence-corrected chi connectivity index (χ2v) is 3.33. The van der Waals surface area contributed by atoms with Crippen molar-refractivity contribution in [3.63, 3.8) is 0 Å². The van der Waals surface area contributed by atoms with Gasteiger partial charge in [0, 0.05) is 5.69 Å². The first kappa shape index (κ1) is 11.3. The van der Waals surface area contributed by atoms with Crippen LogP contribution in [0.25, 0.3) is 0 Å². The van der Waals surface area contributed by atoms with Crippen molar-refractivity contribution in [3.8, 4) is 0 Å². The van der Waals surface area contributed by atoms with Crippen LogP contribution < -0.4 is 5.73 Å². The topological polar surface area (TPSA) is 26.0 Å². The Balaban J connectivity index is 0.00000121. The molecule has 0 heterocycles. The SMILES string of the molecule is Cc1cc(N)cc(C(C)C)c1.Cl. The van der Waals surface area contributed by atoms with Crippen LogP contribution in [0.1, 0.15) is 30.9 Å². The monoisotopic (exact) mass is 185 g/mol. The molecule has 0 aliphatic rings. The second-order valence-electron chi connectivity index (χ2n) is 3.33. The Morgan fingerprint density at radius 1 is 1.17 bits per heavy atom. The molecule has 0 saturated carbocycles. The van der Waals surface area contributed by atoms with E-state index in [0.717, 1.165) is 5.69 Å². The summed E-state index contributed by atoms with van der Waals surface area (Å²) in [6.07, 6.45) is 0. The Morgan fingerprint density at radius 2 is 1.75 bits per heavy atom. The summed E-state index contributed by atoms with van der Waals surface area (Å²) in [7, 11) is 0. The van der Waals surface area contributed by atoms with Crippen LogP contribution in [-0.2, 0) is 0 Å². The Bertz CT molecular complexity index is 236. The number of nitrogens with two attached hydrogens (primary N) is 1. The molecule has 68 valence electrons. The fourth-order valence-corrected chi connectivity index (χ4v) is 1.18. The maximum absolute atomic E-state index is 5.70. The van der Waals surface area contributed by atoms with Crippen LogP contribution in [0.3, 0.4) is 0 Å². The molecule has 0 aliphatic carbocycles. The zero-order valence-corrected chi connectivity index (χ0v) is 8.61. The number of halogens is 1. The molecule has 1 rings (SSSR count). The number of benzene rings is 1. The minimum absolute atomic E-state index is 0. The van der Waals surface area contributed by atoms with Gasteiger partial charge in [-0.2, -0.15) is 0 Å². The molecule has 0 spiro atoms. The van der Waals surface area contributed by atoms with Crippen molar-refractivity contribution in [2.45, 2.75) is 26.7 Å². The predicted molar refractivity (Wildman–Crippen MR) is 56.9 cm³/mol. The molecule has 0 bridgehead atoms. The van der Waals surface area contributed by atoms with Crippen molar-refractivity contribution >= 4 is 18.1 Å². The van der Waals surface area contributed by atoms with Crippen molar-refractivity contribution in [2.75, 3.05) is 5.73 Å². The van der Waals surface area contributed by atoms with Gasteiger partial charge in [0.2, 0.25) is 0 Å². The van der Waals surface area contributed by atoms with Crippen LogP contribution in [0.15, 0.2) is 18.2 Å². The van der Waals surface area contributed by atoms with E-state index in [1.807, 2.05) is 12.1 Å². The molecular formula is C10H16ClN. The highest BCUT2D eigenvalue weighted by Crippen LogP contribution is 2.18. The number of anilines is 1. The number of nitrogen functional groups attached to an aromatic ring is 1. The third kappa shape index (κ3) is 2.74. The number of hydrogen-bond donors (Lipinski definition) is 1. The molecule has 0 fully saturated rings. The second kappa shape index (κ2) is 4.36. The van der Waals surface area contributed by atoms with Gasteiger partial charge in [-0.15, -0.1) is 12.4 Å². The third-order valence-corrected chi connectivity index (χ3v) is 1.79. The van der Waals surface area contributed by atoms with Gasteiger partial charge in [-0.25, -0.2) is 0 Å². The Hall–Kier alpha value is -0.690. The molecular weight excluding hydrogens is 170 g/mol. The minimum Gasteiger partial charge on any atom is -0.399 e. The molecule has 1 nitrogen and oxygen atoms in total. The minimum atomic E-state index is 0. The van der Waals surface area contributed by atoms with Crippen molar-refractivity contribution in [3.05, 3.63) is 29.3 Å². The molecule has 0 radical (unpaired) electrons. The first-order valence-electron chi connectivity index (χ1n) is 3.96. The summed E-state index contributed by atoms with van der Waals surface area (Å²) in [5.74, 6) is 0.567. The average Bonchev–Trinajstić information content (AvgIpc) is 1.85. The van der Waals surface area contributed by atoms with Gasteiger partial charge in [-0.05, 0) is 36.1 Å². The maximum Gasteiger partial charge on any atom is 0.0319 e. The summed E-state index contributed by atoms with van der Waals surface area (Å²) in [6.45, 7) is 6.42. The van der Waals surface area contributed by atoms with Crippen molar-refractivity contribution in [1.29, 1.82) is 0 Å². The highest BCUT2D eigenvalue weighted by molar-refractivity contribution is 5.85. The molecule has 0 saturated heterocycles. The molecule has 2 N–H and O–H groups in total. The zero-order valence-electron chi connectivity index (χ0n) is 7.79. The van der Waals surface area contributed by atoms with E-state index in [9.17, 15) is 0 Å². The van der Waals surface area contributed by atoms with Gasteiger partial charge < -0.3 is 5.73 Å². The first-order chi connectivity index (χ1) is 5.09. The van der Waals surface area contributed by atoms with E-state index in [2.05, 4.69) is 26.8 Å². The van der Waals surface area contributed by atoms with Gasteiger partial charge in [0.05, 0.1) is 0 Å². The van der Waals surface area contributed by atoms with Gasteiger partial charge in [0.15, 0.2) is 0 Å². The lowest BCUT2D eigenvalue weighted by atomic mass is 10.0. The summed E-state index contributed by atoms with van der Waals surface area (Å²) in [6, 6.07) is 6.21. The normalized spacial score (nSPS) is 9.67. The predicted octanol–water partition coefficient (Wildman–Crippen LogP) is 3.12. The van der Waals surface area contributed by atoms with Crippen LogP contribution in [-0.4, -0.2) is 0 Å². The largest absolute Gasteiger partial charge is 0.399 e. The third-order valence-electron chi connectivity index (χ3n) is 1.79. The van der Waals surface area contributed by atoms with Crippen molar-refractivity contribution in [2.24, 2.45) is 0 Å². The van der Waals surface area contributed by atoms with Crippen LogP contribution in [0.4, 0.5) is 5.69 Å². The number of hydrogen-bond acceptors (Lipinski definition) is 1. The molecule has 1 aromatic carbocycles.